The van der Waals surface area contributed by atoms with Crippen LogP contribution < -0.4 is 10.9 Å². The van der Waals surface area contributed by atoms with E-state index in [1.165, 1.54) is 4.90 Å². The molecule has 0 aliphatic heterocycles. The van der Waals surface area contributed by atoms with Crippen LogP contribution in [0.2, 0.25) is 0 Å². The fraction of sp³-hybridized carbons (Fsp3) is 0.250. The van der Waals surface area contributed by atoms with E-state index in [1.54, 1.807) is 31.2 Å². The number of nitrogens with zero attached hydrogens (tertiary/aromatic N) is 3. The number of para-hydroxylation sites is 1. The molecule has 24 heavy (non-hydrogen) atoms. The second-order valence-electron chi connectivity index (χ2n) is 5.30. The Morgan fingerprint density at radius 1 is 1.38 bits per heavy atom. The summed E-state index contributed by atoms with van der Waals surface area (Å²) in [6.45, 7) is 4.20. The van der Waals surface area contributed by atoms with Gasteiger partial charge in [0, 0.05) is 12.6 Å². The maximum atomic E-state index is 12.3. The number of aryl methyl sites for hydroxylation is 1. The van der Waals surface area contributed by atoms with Gasteiger partial charge in [-0.2, -0.15) is 0 Å². The summed E-state index contributed by atoms with van der Waals surface area (Å²) in [5.74, 6) is 1.37. The molecule has 8 nitrogen and oxygen atoms in total. The van der Waals surface area contributed by atoms with Gasteiger partial charge in [-0.05, 0) is 26.0 Å². The zero-order chi connectivity index (χ0) is 17.1. The van der Waals surface area contributed by atoms with Crippen LogP contribution in [0.25, 0.3) is 10.9 Å². The molecule has 3 rings (SSSR count). The van der Waals surface area contributed by atoms with E-state index in [4.69, 9.17) is 4.52 Å². The minimum atomic E-state index is -0.346. The molecule has 2 N–H and O–H groups in total. The molecule has 1 aromatic carbocycles. The molecular formula is C16H17N5O3. The smallest absolute Gasteiger partial charge is 0.323 e. The minimum Gasteiger partial charge on any atom is -0.360 e. The Hall–Kier alpha value is -3.16. The number of nitrogens with one attached hydrogen (secondary N) is 2. The summed E-state index contributed by atoms with van der Waals surface area (Å²) >= 11 is 0. The Kier molecular flexibility index (Phi) is 4.28. The van der Waals surface area contributed by atoms with Gasteiger partial charge >= 0.3 is 6.03 Å². The number of hydrogen-bond acceptors (Lipinski definition) is 5. The first-order valence-electron chi connectivity index (χ1n) is 7.54. The highest BCUT2D eigenvalue weighted by Gasteiger charge is 2.15. The SMILES string of the molecule is CCN(Cc1nc2ccccc2c(=O)[nH]1)C(=O)Nc1cc(C)on1. The molecule has 0 saturated carbocycles. The van der Waals surface area contributed by atoms with Crippen molar-refractivity contribution in [1.82, 2.24) is 20.0 Å². The van der Waals surface area contributed by atoms with E-state index in [2.05, 4.69) is 20.4 Å². The molecule has 0 saturated heterocycles. The standard InChI is InChI=1S/C16H17N5O3/c1-3-21(16(23)19-13-8-10(2)24-20-13)9-14-17-12-7-5-4-6-11(12)15(22)18-14/h4-8H,3,9H2,1-2H3,(H,17,18,22)(H,19,20,23). The van der Waals surface area contributed by atoms with Crippen molar-refractivity contribution >= 4 is 22.8 Å². The van der Waals surface area contributed by atoms with Crippen molar-refractivity contribution in [2.24, 2.45) is 0 Å². The number of aromatic amines is 1. The molecule has 0 fully saturated rings. The van der Waals surface area contributed by atoms with E-state index in [0.717, 1.165) is 0 Å². The molecule has 0 bridgehead atoms. The highest BCUT2D eigenvalue weighted by molar-refractivity contribution is 5.88. The van der Waals surface area contributed by atoms with E-state index in [9.17, 15) is 9.59 Å². The molecule has 0 aliphatic rings. The number of H-pyrrole nitrogens is 1. The normalized spacial score (nSPS) is 10.8. The molecule has 2 aromatic heterocycles. The molecule has 0 radical (unpaired) electrons. The van der Waals surface area contributed by atoms with Gasteiger partial charge in [-0.15, -0.1) is 0 Å². The van der Waals surface area contributed by atoms with E-state index in [1.807, 2.05) is 13.0 Å². The van der Waals surface area contributed by atoms with Crippen LogP contribution in [-0.4, -0.2) is 32.6 Å². The number of anilines is 1. The summed E-state index contributed by atoms with van der Waals surface area (Å²) in [7, 11) is 0. The predicted octanol–water partition coefficient (Wildman–Crippen LogP) is 2.27. The number of carbonyl (C=O) groups is 1. The van der Waals surface area contributed by atoms with Gasteiger partial charge in [0.1, 0.15) is 11.6 Å². The van der Waals surface area contributed by atoms with Crippen molar-refractivity contribution in [2.45, 2.75) is 20.4 Å². The third kappa shape index (κ3) is 3.27. The summed E-state index contributed by atoms with van der Waals surface area (Å²) in [5, 5.41) is 6.90. The Morgan fingerprint density at radius 2 is 2.17 bits per heavy atom. The molecule has 3 aromatic rings. The van der Waals surface area contributed by atoms with Gasteiger partial charge in [-0.25, -0.2) is 9.78 Å². The Labute approximate surface area is 137 Å². The van der Waals surface area contributed by atoms with Crippen molar-refractivity contribution < 1.29 is 9.32 Å². The van der Waals surface area contributed by atoms with E-state index in [-0.39, 0.29) is 18.1 Å². The number of amides is 2. The molecular weight excluding hydrogens is 310 g/mol. The van der Waals surface area contributed by atoms with Gasteiger partial charge < -0.3 is 14.4 Å². The molecule has 2 heterocycles. The summed E-state index contributed by atoms with van der Waals surface area (Å²) in [4.78, 5) is 33.0. The van der Waals surface area contributed by atoms with Crippen LogP contribution in [0.15, 0.2) is 39.6 Å². The van der Waals surface area contributed by atoms with Gasteiger partial charge in [-0.3, -0.25) is 10.1 Å². The third-order valence-corrected chi connectivity index (χ3v) is 3.53. The fourth-order valence-corrected chi connectivity index (χ4v) is 2.33. The highest BCUT2D eigenvalue weighted by Crippen LogP contribution is 2.10. The molecule has 8 heteroatoms. The Balaban J connectivity index is 1.79. The lowest BCUT2D eigenvalue weighted by Gasteiger charge is -2.20. The molecule has 124 valence electrons. The van der Waals surface area contributed by atoms with Crippen molar-refractivity contribution in [3.8, 4) is 0 Å². The van der Waals surface area contributed by atoms with E-state index < -0.39 is 0 Å². The topological polar surface area (TPSA) is 104 Å². The van der Waals surface area contributed by atoms with Gasteiger partial charge in [-0.1, -0.05) is 17.3 Å². The zero-order valence-corrected chi connectivity index (χ0v) is 13.4. The van der Waals surface area contributed by atoms with Gasteiger partial charge in [0.2, 0.25) is 0 Å². The first-order valence-corrected chi connectivity index (χ1v) is 7.54. The monoisotopic (exact) mass is 327 g/mol. The summed E-state index contributed by atoms with van der Waals surface area (Å²) in [6.07, 6.45) is 0. The number of urea groups is 1. The average molecular weight is 327 g/mol. The lowest BCUT2D eigenvalue weighted by Crippen LogP contribution is -2.35. The average Bonchev–Trinajstić information content (AvgIpc) is 2.97. The maximum Gasteiger partial charge on any atom is 0.323 e. The first-order chi connectivity index (χ1) is 11.6. The fourth-order valence-electron chi connectivity index (χ4n) is 2.33. The molecule has 0 spiro atoms. The van der Waals surface area contributed by atoms with Crippen LogP contribution in [0, 0.1) is 6.92 Å². The summed E-state index contributed by atoms with van der Waals surface area (Å²) in [6, 6.07) is 8.36. The largest absolute Gasteiger partial charge is 0.360 e. The summed E-state index contributed by atoms with van der Waals surface area (Å²) in [5.41, 5.74) is 0.374. The number of rotatable bonds is 4. The van der Waals surface area contributed by atoms with Crippen LogP contribution in [0.4, 0.5) is 10.6 Å². The quantitative estimate of drug-likeness (QED) is 0.765. The van der Waals surface area contributed by atoms with Crippen molar-refractivity contribution in [1.29, 1.82) is 0 Å². The number of carbonyl (C=O) groups excluding carboxylic acids is 1. The Bertz CT molecular complexity index is 931. The second kappa shape index (κ2) is 6.53. The van der Waals surface area contributed by atoms with E-state index >= 15 is 0 Å². The second-order valence-corrected chi connectivity index (χ2v) is 5.30. The molecule has 2 amide bonds. The maximum absolute atomic E-state index is 12.3. The highest BCUT2D eigenvalue weighted by atomic mass is 16.5. The minimum absolute atomic E-state index is 0.180. The Morgan fingerprint density at radius 3 is 2.88 bits per heavy atom. The third-order valence-electron chi connectivity index (χ3n) is 3.53. The van der Waals surface area contributed by atoms with Gasteiger partial charge in [0.15, 0.2) is 5.82 Å². The first kappa shape index (κ1) is 15.7. The zero-order valence-electron chi connectivity index (χ0n) is 13.4. The lowest BCUT2D eigenvalue weighted by atomic mass is 10.2. The number of aromatic nitrogens is 3. The van der Waals surface area contributed by atoms with Crippen molar-refractivity contribution in [3.63, 3.8) is 0 Å². The van der Waals surface area contributed by atoms with Gasteiger partial charge in [0.05, 0.1) is 17.4 Å². The van der Waals surface area contributed by atoms with Crippen LogP contribution in [0.3, 0.4) is 0 Å². The van der Waals surface area contributed by atoms with Crippen LogP contribution >= 0.6 is 0 Å². The summed E-state index contributed by atoms with van der Waals surface area (Å²) < 4.78 is 4.92. The predicted molar refractivity (Wildman–Crippen MR) is 88.7 cm³/mol. The van der Waals surface area contributed by atoms with Crippen molar-refractivity contribution in [2.75, 3.05) is 11.9 Å². The van der Waals surface area contributed by atoms with Crippen LogP contribution in [0.1, 0.15) is 18.5 Å². The number of benzene rings is 1. The number of hydrogen-bond donors (Lipinski definition) is 2. The van der Waals surface area contributed by atoms with Crippen LogP contribution in [-0.2, 0) is 6.54 Å². The lowest BCUT2D eigenvalue weighted by molar-refractivity contribution is 0.210. The molecule has 0 aliphatic carbocycles. The van der Waals surface area contributed by atoms with E-state index in [0.29, 0.717) is 34.9 Å². The van der Waals surface area contributed by atoms with Crippen molar-refractivity contribution in [3.05, 3.63) is 52.3 Å². The van der Waals surface area contributed by atoms with Crippen LogP contribution in [0.5, 0.6) is 0 Å². The number of fused-ring (bicyclic) bond motifs is 1. The van der Waals surface area contributed by atoms with Gasteiger partial charge in [0.25, 0.3) is 5.56 Å². The molecule has 0 atom stereocenters. The molecule has 0 unspecified atom stereocenters.